The van der Waals surface area contributed by atoms with Crippen LogP contribution in [0.1, 0.15) is 24.8 Å². The molecule has 0 aromatic heterocycles. The highest BCUT2D eigenvalue weighted by Gasteiger charge is 2.33. The lowest BCUT2D eigenvalue weighted by atomic mass is 9.98. The Morgan fingerprint density at radius 1 is 1.06 bits per heavy atom. The number of carbonyl (C=O) groups is 1. The molecule has 1 fully saturated rings. The van der Waals surface area contributed by atoms with Crippen LogP contribution in [0, 0.1) is 12.8 Å². The zero-order chi connectivity index (χ0) is 22.0. The van der Waals surface area contributed by atoms with Gasteiger partial charge in [-0.05, 0) is 55.7 Å². The van der Waals surface area contributed by atoms with E-state index in [1.807, 2.05) is 6.92 Å². The molecule has 2 aromatic rings. The van der Waals surface area contributed by atoms with Crippen molar-refractivity contribution in [1.29, 1.82) is 0 Å². The molecular formula is C22H24ClNO6S. The Morgan fingerprint density at radius 2 is 1.77 bits per heavy atom. The molecule has 31 heavy (non-hydrogen) atoms. The third-order valence-corrected chi connectivity index (χ3v) is 7.62. The number of halogens is 1. The largest absolute Gasteiger partial charge is 0.490 e. The fourth-order valence-electron chi connectivity index (χ4n) is 3.70. The van der Waals surface area contributed by atoms with Crippen LogP contribution in [0.2, 0.25) is 5.02 Å². The first-order valence-corrected chi connectivity index (χ1v) is 12.0. The third-order valence-electron chi connectivity index (χ3n) is 5.49. The van der Waals surface area contributed by atoms with E-state index in [0.717, 1.165) is 12.0 Å². The highest BCUT2D eigenvalue weighted by atomic mass is 35.5. The summed E-state index contributed by atoms with van der Waals surface area (Å²) in [5.41, 5.74) is 0.773. The Labute approximate surface area is 186 Å². The van der Waals surface area contributed by atoms with Crippen molar-refractivity contribution in [3.8, 4) is 17.2 Å². The monoisotopic (exact) mass is 465 g/mol. The summed E-state index contributed by atoms with van der Waals surface area (Å²) >= 11 is 5.94. The van der Waals surface area contributed by atoms with Crippen molar-refractivity contribution in [1.82, 2.24) is 4.31 Å². The van der Waals surface area contributed by atoms with Gasteiger partial charge in [0.05, 0.1) is 24.0 Å². The van der Waals surface area contributed by atoms with Crippen molar-refractivity contribution in [3.05, 3.63) is 47.0 Å². The van der Waals surface area contributed by atoms with Gasteiger partial charge in [0.15, 0.2) is 11.5 Å². The van der Waals surface area contributed by atoms with Crippen LogP contribution in [-0.4, -0.2) is 45.0 Å². The second kappa shape index (κ2) is 9.06. The maximum absolute atomic E-state index is 13.1. The lowest BCUT2D eigenvalue weighted by molar-refractivity contribution is -0.140. The summed E-state index contributed by atoms with van der Waals surface area (Å²) in [4.78, 5) is 12.7. The summed E-state index contributed by atoms with van der Waals surface area (Å²) < 4.78 is 44.3. The predicted molar refractivity (Wildman–Crippen MR) is 115 cm³/mol. The number of rotatable bonds is 4. The molecule has 0 radical (unpaired) electrons. The van der Waals surface area contributed by atoms with E-state index in [0.29, 0.717) is 48.3 Å². The smallest absolute Gasteiger partial charge is 0.314 e. The van der Waals surface area contributed by atoms with E-state index in [1.165, 1.54) is 16.4 Å². The van der Waals surface area contributed by atoms with Crippen molar-refractivity contribution >= 4 is 27.6 Å². The van der Waals surface area contributed by atoms with Crippen LogP contribution >= 0.6 is 11.6 Å². The van der Waals surface area contributed by atoms with Gasteiger partial charge in [0.25, 0.3) is 0 Å². The Hall–Kier alpha value is -2.29. The quantitative estimate of drug-likeness (QED) is 0.504. The summed E-state index contributed by atoms with van der Waals surface area (Å²) in [6.07, 6.45) is 1.54. The van der Waals surface area contributed by atoms with E-state index >= 15 is 0 Å². The van der Waals surface area contributed by atoms with Gasteiger partial charge >= 0.3 is 5.97 Å². The first kappa shape index (κ1) is 21.9. The van der Waals surface area contributed by atoms with Gasteiger partial charge < -0.3 is 14.2 Å². The van der Waals surface area contributed by atoms with Gasteiger partial charge in [0.1, 0.15) is 5.75 Å². The van der Waals surface area contributed by atoms with Gasteiger partial charge in [-0.1, -0.05) is 11.6 Å². The number of aryl methyl sites for hydroxylation is 1. The maximum Gasteiger partial charge on any atom is 0.314 e. The van der Waals surface area contributed by atoms with Crippen LogP contribution in [0.4, 0.5) is 0 Å². The highest BCUT2D eigenvalue weighted by Crippen LogP contribution is 2.34. The Kier molecular flexibility index (Phi) is 6.41. The van der Waals surface area contributed by atoms with Crippen LogP contribution in [0.25, 0.3) is 0 Å². The van der Waals surface area contributed by atoms with E-state index in [1.54, 1.807) is 24.3 Å². The van der Waals surface area contributed by atoms with E-state index in [4.69, 9.17) is 25.8 Å². The van der Waals surface area contributed by atoms with E-state index < -0.39 is 10.0 Å². The number of nitrogens with zero attached hydrogens (tertiary/aromatic N) is 1. The number of sulfonamides is 1. The summed E-state index contributed by atoms with van der Waals surface area (Å²) in [6.45, 7) is 3.33. The topological polar surface area (TPSA) is 82.1 Å². The number of benzene rings is 2. The van der Waals surface area contributed by atoms with Gasteiger partial charge in [-0.2, -0.15) is 4.31 Å². The zero-order valence-electron chi connectivity index (χ0n) is 17.2. The first-order valence-electron chi connectivity index (χ1n) is 10.2. The average molecular weight is 466 g/mol. The minimum atomic E-state index is -3.70. The van der Waals surface area contributed by atoms with E-state index in [9.17, 15) is 13.2 Å². The first-order chi connectivity index (χ1) is 14.8. The molecule has 0 amide bonds. The molecule has 1 saturated heterocycles. The molecule has 2 aliphatic rings. The highest BCUT2D eigenvalue weighted by molar-refractivity contribution is 7.89. The molecule has 9 heteroatoms. The molecule has 0 spiro atoms. The standard InChI is InChI=1S/C22H24ClNO6S/c1-15-13-17(23)3-5-19(15)30-22(25)16-7-9-24(10-8-16)31(26,27)18-4-6-20-21(14-18)29-12-2-11-28-20/h3-6,13-14,16H,2,7-12H2,1H3. The number of piperidine rings is 1. The van der Waals surface area contributed by atoms with Gasteiger partial charge in [0, 0.05) is 30.6 Å². The van der Waals surface area contributed by atoms with Gasteiger partial charge in [-0.25, -0.2) is 8.42 Å². The Balaban J connectivity index is 1.41. The molecule has 2 aliphatic heterocycles. The molecule has 166 valence electrons. The number of hydrogen-bond donors (Lipinski definition) is 0. The summed E-state index contributed by atoms with van der Waals surface area (Å²) in [6, 6.07) is 9.74. The molecule has 0 saturated carbocycles. The van der Waals surface area contributed by atoms with Gasteiger partial charge in [-0.15, -0.1) is 0 Å². The summed E-state index contributed by atoms with van der Waals surface area (Å²) in [5.74, 6) is 0.755. The lowest BCUT2D eigenvalue weighted by Crippen LogP contribution is -2.41. The van der Waals surface area contributed by atoms with Crippen LogP contribution < -0.4 is 14.2 Å². The van der Waals surface area contributed by atoms with E-state index in [-0.39, 0.29) is 29.9 Å². The predicted octanol–water partition coefficient (Wildman–Crippen LogP) is 3.82. The minimum Gasteiger partial charge on any atom is -0.490 e. The zero-order valence-corrected chi connectivity index (χ0v) is 18.7. The van der Waals surface area contributed by atoms with Gasteiger partial charge in [0.2, 0.25) is 10.0 Å². The molecule has 0 aliphatic carbocycles. The molecule has 0 N–H and O–H groups in total. The summed E-state index contributed by atoms with van der Waals surface area (Å²) in [5, 5.41) is 0.575. The lowest BCUT2D eigenvalue weighted by Gasteiger charge is -2.30. The molecule has 0 bridgehead atoms. The number of fused-ring (bicyclic) bond motifs is 1. The number of carbonyl (C=O) groups excluding carboxylic acids is 1. The second-order valence-electron chi connectivity index (χ2n) is 7.67. The number of ether oxygens (including phenoxy) is 3. The van der Waals surface area contributed by atoms with Crippen molar-refractivity contribution < 1.29 is 27.4 Å². The van der Waals surface area contributed by atoms with Crippen molar-refractivity contribution in [3.63, 3.8) is 0 Å². The number of esters is 1. The maximum atomic E-state index is 13.1. The summed E-state index contributed by atoms with van der Waals surface area (Å²) in [7, 11) is -3.70. The third kappa shape index (κ3) is 4.81. The van der Waals surface area contributed by atoms with Crippen LogP contribution in [0.5, 0.6) is 17.2 Å². The number of hydrogen-bond acceptors (Lipinski definition) is 6. The van der Waals surface area contributed by atoms with Gasteiger partial charge in [-0.3, -0.25) is 4.79 Å². The van der Waals surface area contributed by atoms with Crippen LogP contribution in [0.15, 0.2) is 41.3 Å². The Morgan fingerprint density at radius 3 is 2.48 bits per heavy atom. The van der Waals surface area contributed by atoms with Crippen molar-refractivity contribution in [2.24, 2.45) is 5.92 Å². The molecular weight excluding hydrogens is 442 g/mol. The molecule has 0 atom stereocenters. The second-order valence-corrected chi connectivity index (χ2v) is 10.0. The fraction of sp³-hybridized carbons (Fsp3) is 0.409. The molecule has 4 rings (SSSR count). The SMILES string of the molecule is Cc1cc(Cl)ccc1OC(=O)C1CCN(S(=O)(=O)c2ccc3c(c2)OCCCO3)CC1. The normalized spacial score (nSPS) is 17.7. The van der Waals surface area contributed by atoms with Crippen molar-refractivity contribution in [2.75, 3.05) is 26.3 Å². The fourth-order valence-corrected chi connectivity index (χ4v) is 5.42. The van der Waals surface area contributed by atoms with Crippen molar-refractivity contribution in [2.45, 2.75) is 31.1 Å². The Bertz CT molecular complexity index is 1080. The molecule has 0 unspecified atom stereocenters. The van der Waals surface area contributed by atoms with Crippen LogP contribution in [-0.2, 0) is 14.8 Å². The average Bonchev–Trinajstić information content (AvgIpc) is 3.00. The molecule has 7 nitrogen and oxygen atoms in total. The molecule has 2 heterocycles. The minimum absolute atomic E-state index is 0.162. The molecule has 2 aromatic carbocycles. The van der Waals surface area contributed by atoms with Crippen LogP contribution in [0.3, 0.4) is 0 Å². The van der Waals surface area contributed by atoms with E-state index in [2.05, 4.69) is 0 Å².